The van der Waals surface area contributed by atoms with Crippen molar-refractivity contribution in [3.8, 4) is 11.5 Å². The van der Waals surface area contributed by atoms with Gasteiger partial charge in [0.05, 0.1) is 18.9 Å². The number of hydrogen-bond acceptors (Lipinski definition) is 6. The number of halogens is 2. The molecule has 10 heteroatoms. The number of ether oxygens (including phenoxy) is 1. The van der Waals surface area contributed by atoms with E-state index < -0.39 is 45.2 Å². The van der Waals surface area contributed by atoms with E-state index in [1.54, 1.807) is 25.1 Å². The molecule has 34 heavy (non-hydrogen) atoms. The van der Waals surface area contributed by atoms with E-state index in [1.165, 1.54) is 19.1 Å². The summed E-state index contributed by atoms with van der Waals surface area (Å²) < 4.78 is 5.27. The fourth-order valence-electron chi connectivity index (χ4n) is 6.40. The number of fused-ring (bicyclic) bond motifs is 4. The molecule has 8 nitrogen and oxygen atoms in total. The lowest BCUT2D eigenvalue weighted by Gasteiger charge is -2.50. The second kappa shape index (κ2) is 7.46. The highest BCUT2D eigenvalue weighted by Crippen LogP contribution is 2.66. The van der Waals surface area contributed by atoms with Crippen LogP contribution < -0.4 is 4.74 Å². The maximum Gasteiger partial charge on any atom is 0.253 e. The first-order valence-corrected chi connectivity index (χ1v) is 11.9. The van der Waals surface area contributed by atoms with Crippen molar-refractivity contribution in [1.82, 2.24) is 9.80 Å². The lowest BCUT2D eigenvalue weighted by molar-refractivity contribution is -0.141. The van der Waals surface area contributed by atoms with Gasteiger partial charge < -0.3 is 9.84 Å². The highest BCUT2D eigenvalue weighted by atomic mass is 35.5. The number of rotatable bonds is 3. The topological polar surface area (TPSA) is 104 Å². The molecule has 2 aliphatic carbocycles. The summed E-state index contributed by atoms with van der Waals surface area (Å²) in [4.78, 5) is 51.3. The van der Waals surface area contributed by atoms with Gasteiger partial charge in [-0.2, -0.15) is 0 Å². The van der Waals surface area contributed by atoms with E-state index in [-0.39, 0.29) is 41.8 Å². The van der Waals surface area contributed by atoms with Crippen LogP contribution in [0, 0.1) is 17.8 Å². The van der Waals surface area contributed by atoms with Gasteiger partial charge in [0.1, 0.15) is 0 Å². The van der Waals surface area contributed by atoms with Gasteiger partial charge in [-0.1, -0.05) is 23.8 Å². The van der Waals surface area contributed by atoms with Crippen molar-refractivity contribution in [2.75, 3.05) is 20.7 Å². The first-order valence-electron chi connectivity index (χ1n) is 11.2. The molecule has 2 aliphatic heterocycles. The van der Waals surface area contributed by atoms with Crippen molar-refractivity contribution in [1.29, 1.82) is 0 Å². The minimum atomic E-state index is -1.94. The number of phenols is 1. The number of phenolic OH excluding ortho intramolecular Hbond substituents is 1. The first-order chi connectivity index (χ1) is 16.0. The predicted molar refractivity (Wildman–Crippen MR) is 123 cm³/mol. The van der Waals surface area contributed by atoms with Crippen LogP contribution in [0.1, 0.15) is 31.2 Å². The second-order valence-electron chi connectivity index (χ2n) is 9.32. The van der Waals surface area contributed by atoms with Crippen molar-refractivity contribution in [2.45, 2.75) is 35.4 Å². The fraction of sp³-hybridized carbons (Fsp3) is 0.500. The summed E-state index contributed by atoms with van der Waals surface area (Å²) >= 11 is 14.1. The molecule has 3 fully saturated rings. The molecule has 0 bridgehead atoms. The first kappa shape index (κ1) is 23.2. The van der Waals surface area contributed by atoms with Gasteiger partial charge in [0.25, 0.3) is 11.8 Å². The monoisotopic (exact) mass is 506 g/mol. The maximum atomic E-state index is 13.5. The Kier molecular flexibility index (Phi) is 5.08. The Morgan fingerprint density at radius 1 is 1.12 bits per heavy atom. The fourth-order valence-corrected chi connectivity index (χ4v) is 7.41. The van der Waals surface area contributed by atoms with Gasteiger partial charge in [0.2, 0.25) is 11.8 Å². The van der Waals surface area contributed by atoms with Crippen LogP contribution in [0.25, 0.3) is 0 Å². The van der Waals surface area contributed by atoms with E-state index in [0.717, 1.165) is 4.90 Å². The largest absolute Gasteiger partial charge is 0.504 e. The molecule has 0 radical (unpaired) electrons. The Bertz CT molecular complexity index is 1180. The number of aromatic hydroxyl groups is 1. The molecule has 6 atom stereocenters. The van der Waals surface area contributed by atoms with Gasteiger partial charge in [0.15, 0.2) is 21.2 Å². The Morgan fingerprint density at radius 3 is 2.47 bits per heavy atom. The summed E-state index contributed by atoms with van der Waals surface area (Å²) in [7, 11) is 2.72. The minimum absolute atomic E-state index is 0.0717. The standard InChI is InChI=1S/C24H24Cl2N2O6/c1-4-28-19(30)12-9-8-11-14(16(12)20(28)31)10-23(25)21(32)27(2)22(33)24(23,26)17(11)13-6-5-7-15(34-3)18(13)29/h5-8,12,14,16-17,29H,4,9-10H2,1-3H3. The van der Waals surface area contributed by atoms with Crippen molar-refractivity contribution >= 4 is 46.8 Å². The van der Waals surface area contributed by atoms with Gasteiger partial charge in [0, 0.05) is 25.1 Å². The van der Waals surface area contributed by atoms with Gasteiger partial charge in [-0.25, -0.2) is 0 Å². The number of likely N-dealkylation sites (tertiary alicyclic amines) is 2. The van der Waals surface area contributed by atoms with Crippen LogP contribution >= 0.6 is 23.2 Å². The molecule has 0 aromatic heterocycles. The smallest absolute Gasteiger partial charge is 0.253 e. The zero-order valence-electron chi connectivity index (χ0n) is 18.9. The van der Waals surface area contributed by atoms with E-state index in [4.69, 9.17) is 27.9 Å². The lowest BCUT2D eigenvalue weighted by atomic mass is 9.56. The van der Waals surface area contributed by atoms with Gasteiger partial charge in [-0.15, -0.1) is 23.2 Å². The summed E-state index contributed by atoms with van der Waals surface area (Å²) in [5.74, 6) is -4.84. The van der Waals surface area contributed by atoms with Crippen molar-refractivity contribution in [3.05, 3.63) is 35.4 Å². The molecule has 6 unspecified atom stereocenters. The number of nitrogens with zero attached hydrogens (tertiary/aromatic N) is 2. The normalized spacial score (nSPS) is 36.9. The molecule has 1 saturated carbocycles. The number of amides is 4. The summed E-state index contributed by atoms with van der Waals surface area (Å²) in [6.07, 6.45) is 2.05. The average Bonchev–Trinajstić information content (AvgIpc) is 3.14. The Labute approximate surface area is 206 Å². The molecule has 5 rings (SSSR count). The third-order valence-electron chi connectivity index (χ3n) is 7.98. The van der Waals surface area contributed by atoms with Crippen molar-refractivity contribution in [3.63, 3.8) is 0 Å². The van der Waals surface area contributed by atoms with Gasteiger partial charge in [-0.3, -0.25) is 29.0 Å². The molecule has 1 N–H and O–H groups in total. The molecule has 2 heterocycles. The van der Waals surface area contributed by atoms with Crippen LogP contribution in [0.2, 0.25) is 0 Å². The maximum absolute atomic E-state index is 13.5. The second-order valence-corrected chi connectivity index (χ2v) is 10.6. The van der Waals surface area contributed by atoms with Crippen LogP contribution in [0.5, 0.6) is 11.5 Å². The number of carbonyl (C=O) groups is 4. The Hall–Kier alpha value is -2.58. The Morgan fingerprint density at radius 2 is 1.82 bits per heavy atom. The van der Waals surface area contributed by atoms with Crippen LogP contribution in [-0.4, -0.2) is 69.0 Å². The number of benzene rings is 1. The molecule has 2 saturated heterocycles. The van der Waals surface area contributed by atoms with Crippen LogP contribution in [-0.2, 0) is 19.2 Å². The third kappa shape index (κ3) is 2.56. The molecule has 0 spiro atoms. The molecular weight excluding hydrogens is 483 g/mol. The van der Waals surface area contributed by atoms with Crippen molar-refractivity contribution in [2.24, 2.45) is 17.8 Å². The zero-order chi connectivity index (χ0) is 24.7. The lowest BCUT2D eigenvalue weighted by Crippen LogP contribution is -2.60. The molecule has 180 valence electrons. The highest BCUT2D eigenvalue weighted by molar-refractivity contribution is 6.53. The molecule has 4 amide bonds. The quantitative estimate of drug-likeness (QED) is 0.383. The summed E-state index contributed by atoms with van der Waals surface area (Å²) in [6, 6.07) is 4.81. The van der Waals surface area contributed by atoms with Crippen LogP contribution in [0.15, 0.2) is 29.8 Å². The molecular formula is C24H24Cl2N2O6. The van der Waals surface area contributed by atoms with Crippen LogP contribution in [0.3, 0.4) is 0 Å². The molecule has 1 aromatic carbocycles. The number of imide groups is 2. The van der Waals surface area contributed by atoms with Gasteiger partial charge in [-0.05, 0) is 31.7 Å². The average molecular weight is 507 g/mol. The number of methoxy groups -OCH3 is 1. The summed E-state index contributed by atoms with van der Waals surface area (Å²) in [5, 5.41) is 11.0. The van der Waals surface area contributed by atoms with E-state index in [1.807, 2.05) is 6.08 Å². The minimum Gasteiger partial charge on any atom is -0.504 e. The van der Waals surface area contributed by atoms with E-state index in [2.05, 4.69) is 0 Å². The Balaban J connectivity index is 1.76. The van der Waals surface area contributed by atoms with E-state index >= 15 is 0 Å². The summed E-state index contributed by atoms with van der Waals surface area (Å²) in [5.41, 5.74) is 0.904. The predicted octanol–water partition coefficient (Wildman–Crippen LogP) is 2.41. The number of para-hydroxylation sites is 1. The van der Waals surface area contributed by atoms with Crippen LogP contribution in [0.4, 0.5) is 0 Å². The summed E-state index contributed by atoms with van der Waals surface area (Å²) in [6.45, 7) is 1.98. The number of carbonyl (C=O) groups excluding carboxylic acids is 4. The SMILES string of the molecule is CCN1C(=O)C2CC=C3C(CC4(Cl)C(=O)N(C)C(=O)C4(Cl)C3c3cccc(OC)c3O)C2C1=O. The number of hydrogen-bond donors (Lipinski definition) is 1. The number of alkyl halides is 2. The van der Waals surface area contributed by atoms with E-state index in [0.29, 0.717) is 12.0 Å². The third-order valence-corrected chi connectivity index (χ3v) is 9.40. The molecule has 4 aliphatic rings. The zero-order valence-corrected chi connectivity index (χ0v) is 20.4. The van der Waals surface area contributed by atoms with E-state index in [9.17, 15) is 24.3 Å². The molecule has 1 aromatic rings. The van der Waals surface area contributed by atoms with Crippen molar-refractivity contribution < 1.29 is 29.0 Å². The van der Waals surface area contributed by atoms with Gasteiger partial charge >= 0.3 is 0 Å². The highest BCUT2D eigenvalue weighted by Gasteiger charge is 2.76. The number of allylic oxidation sites excluding steroid dienone is 2.